The maximum Gasteiger partial charge on any atom is 0.313 e. The fourth-order valence-corrected chi connectivity index (χ4v) is 2.91. The van der Waals surface area contributed by atoms with Crippen molar-refractivity contribution in [1.29, 1.82) is 0 Å². The Hall–Kier alpha value is -1.88. The summed E-state index contributed by atoms with van der Waals surface area (Å²) in [4.78, 5) is 24.1. The summed E-state index contributed by atoms with van der Waals surface area (Å²) in [6.07, 6.45) is 1.91. The van der Waals surface area contributed by atoms with Crippen LogP contribution in [-0.2, 0) is 14.3 Å². The van der Waals surface area contributed by atoms with Crippen LogP contribution >= 0.6 is 0 Å². The molecular weight excluding hydrogens is 280 g/mol. The zero-order chi connectivity index (χ0) is 16.3. The van der Waals surface area contributed by atoms with Crippen LogP contribution in [0.5, 0.6) is 0 Å². The Kier molecular flexibility index (Phi) is 5.19. The lowest BCUT2D eigenvalue weighted by atomic mass is 10.1. The van der Waals surface area contributed by atoms with E-state index in [0.29, 0.717) is 5.69 Å². The maximum atomic E-state index is 12.1. The van der Waals surface area contributed by atoms with E-state index >= 15 is 0 Å². The summed E-state index contributed by atoms with van der Waals surface area (Å²) < 4.78 is 5.52. The number of hydrogen-bond acceptors (Lipinski definition) is 3. The quantitative estimate of drug-likeness (QED) is 0.842. The highest BCUT2D eigenvalue weighted by atomic mass is 16.5. The summed E-state index contributed by atoms with van der Waals surface area (Å²) in [7, 11) is 0. The molecule has 1 saturated heterocycles. The molecule has 0 spiro atoms. The number of amides is 2. The van der Waals surface area contributed by atoms with E-state index < -0.39 is 11.8 Å². The van der Waals surface area contributed by atoms with E-state index in [4.69, 9.17) is 4.74 Å². The fraction of sp³-hybridized carbons (Fsp3) is 0.529. The topological polar surface area (TPSA) is 67.4 Å². The number of carbonyl (C=O) groups is 2. The van der Waals surface area contributed by atoms with E-state index in [1.165, 1.54) is 0 Å². The molecule has 1 heterocycles. The number of anilines is 1. The van der Waals surface area contributed by atoms with Crippen molar-refractivity contribution in [1.82, 2.24) is 5.32 Å². The van der Waals surface area contributed by atoms with Gasteiger partial charge in [-0.3, -0.25) is 9.59 Å². The van der Waals surface area contributed by atoms with E-state index in [1.807, 2.05) is 39.8 Å². The summed E-state index contributed by atoms with van der Waals surface area (Å²) in [6, 6.07) is 3.80. The van der Waals surface area contributed by atoms with Crippen LogP contribution in [-0.4, -0.2) is 30.6 Å². The molecular formula is C17H24N2O3. The van der Waals surface area contributed by atoms with Gasteiger partial charge in [-0.1, -0.05) is 17.7 Å². The Labute approximate surface area is 131 Å². The normalized spacial score (nSPS) is 18.8. The van der Waals surface area contributed by atoms with Crippen LogP contribution in [0.25, 0.3) is 0 Å². The van der Waals surface area contributed by atoms with Crippen molar-refractivity contribution in [3.8, 4) is 0 Å². The molecule has 1 aliphatic rings. The first-order chi connectivity index (χ1) is 10.4. The lowest BCUT2D eigenvalue weighted by Gasteiger charge is -2.20. The van der Waals surface area contributed by atoms with Gasteiger partial charge >= 0.3 is 11.8 Å². The fourth-order valence-electron chi connectivity index (χ4n) is 2.91. The summed E-state index contributed by atoms with van der Waals surface area (Å²) in [6.45, 7) is 8.43. The molecule has 0 saturated carbocycles. The summed E-state index contributed by atoms with van der Waals surface area (Å²) >= 11 is 0. The van der Waals surface area contributed by atoms with E-state index in [-0.39, 0.29) is 12.1 Å². The van der Waals surface area contributed by atoms with Crippen molar-refractivity contribution in [3.63, 3.8) is 0 Å². The number of aryl methyl sites for hydroxylation is 3. The van der Waals surface area contributed by atoms with Gasteiger partial charge in [0.25, 0.3) is 0 Å². The van der Waals surface area contributed by atoms with Crippen molar-refractivity contribution in [2.75, 3.05) is 11.9 Å². The molecule has 2 amide bonds. The van der Waals surface area contributed by atoms with Crippen LogP contribution in [0.4, 0.5) is 5.69 Å². The van der Waals surface area contributed by atoms with E-state index in [2.05, 4.69) is 10.6 Å². The van der Waals surface area contributed by atoms with E-state index in [1.54, 1.807) is 0 Å². The van der Waals surface area contributed by atoms with Gasteiger partial charge in [-0.25, -0.2) is 0 Å². The molecule has 1 aliphatic heterocycles. The molecule has 0 aromatic heterocycles. The van der Waals surface area contributed by atoms with E-state index in [0.717, 1.165) is 36.1 Å². The zero-order valence-corrected chi connectivity index (χ0v) is 13.7. The minimum Gasteiger partial charge on any atom is -0.376 e. The largest absolute Gasteiger partial charge is 0.376 e. The lowest BCUT2D eigenvalue weighted by molar-refractivity contribution is -0.137. The van der Waals surface area contributed by atoms with Crippen molar-refractivity contribution in [2.45, 2.75) is 52.7 Å². The second-order valence-electron chi connectivity index (χ2n) is 6.04. The molecule has 2 N–H and O–H groups in total. The number of benzene rings is 1. The monoisotopic (exact) mass is 304 g/mol. The third-order valence-electron chi connectivity index (χ3n) is 4.00. The Balaban J connectivity index is 1.98. The second kappa shape index (κ2) is 6.92. The first-order valence-corrected chi connectivity index (χ1v) is 7.69. The third kappa shape index (κ3) is 3.85. The van der Waals surface area contributed by atoms with Crippen LogP contribution in [0.15, 0.2) is 12.1 Å². The number of hydrogen-bond donors (Lipinski definition) is 2. The Morgan fingerprint density at radius 2 is 1.82 bits per heavy atom. The average molecular weight is 304 g/mol. The molecule has 0 radical (unpaired) electrons. The van der Waals surface area contributed by atoms with Gasteiger partial charge in [-0.15, -0.1) is 0 Å². The van der Waals surface area contributed by atoms with Gasteiger partial charge in [-0.05, 0) is 51.7 Å². The predicted molar refractivity (Wildman–Crippen MR) is 85.9 cm³/mol. The number of ether oxygens (including phenoxy) is 1. The zero-order valence-electron chi connectivity index (χ0n) is 13.7. The van der Waals surface area contributed by atoms with Gasteiger partial charge < -0.3 is 15.4 Å². The molecule has 2 rings (SSSR count). The van der Waals surface area contributed by atoms with Crippen molar-refractivity contribution in [2.24, 2.45) is 0 Å². The van der Waals surface area contributed by atoms with Crippen LogP contribution < -0.4 is 10.6 Å². The van der Waals surface area contributed by atoms with Gasteiger partial charge in [0, 0.05) is 12.3 Å². The molecule has 22 heavy (non-hydrogen) atoms. The lowest BCUT2D eigenvalue weighted by Crippen LogP contribution is -2.45. The first-order valence-electron chi connectivity index (χ1n) is 7.69. The molecule has 1 fully saturated rings. The van der Waals surface area contributed by atoms with Gasteiger partial charge in [-0.2, -0.15) is 0 Å². The van der Waals surface area contributed by atoms with Crippen LogP contribution in [0.3, 0.4) is 0 Å². The Bertz CT molecular complexity index is 554. The van der Waals surface area contributed by atoms with Crippen LogP contribution in [0.1, 0.15) is 36.5 Å². The summed E-state index contributed by atoms with van der Waals surface area (Å²) in [5.74, 6) is -1.26. The number of nitrogens with one attached hydrogen (secondary N) is 2. The van der Waals surface area contributed by atoms with E-state index in [9.17, 15) is 9.59 Å². The highest BCUT2D eigenvalue weighted by molar-refractivity contribution is 6.39. The molecule has 1 aromatic rings. The number of carbonyl (C=O) groups excluding carboxylic acids is 2. The van der Waals surface area contributed by atoms with Crippen LogP contribution in [0, 0.1) is 20.8 Å². The SMILES string of the molecule is Cc1cc(C)c(NC(=O)C(=O)NC(C)C2CCCO2)c(C)c1. The Morgan fingerprint density at radius 3 is 2.36 bits per heavy atom. The molecule has 120 valence electrons. The molecule has 2 unspecified atom stereocenters. The molecule has 2 atom stereocenters. The first kappa shape index (κ1) is 16.5. The smallest absolute Gasteiger partial charge is 0.313 e. The van der Waals surface area contributed by atoms with Crippen molar-refractivity contribution in [3.05, 3.63) is 28.8 Å². The van der Waals surface area contributed by atoms with Gasteiger partial charge in [0.1, 0.15) is 0 Å². The third-order valence-corrected chi connectivity index (χ3v) is 4.00. The molecule has 5 nitrogen and oxygen atoms in total. The standard InChI is InChI=1S/C17H24N2O3/c1-10-8-11(2)15(12(3)9-10)19-17(21)16(20)18-13(4)14-6-5-7-22-14/h8-9,13-14H,5-7H2,1-4H3,(H,18,20)(H,19,21). The van der Waals surface area contributed by atoms with Gasteiger partial charge in [0.15, 0.2) is 0 Å². The molecule has 1 aromatic carbocycles. The highest BCUT2D eigenvalue weighted by Crippen LogP contribution is 2.22. The minimum atomic E-state index is -0.639. The number of rotatable bonds is 3. The highest BCUT2D eigenvalue weighted by Gasteiger charge is 2.26. The average Bonchev–Trinajstić information content (AvgIpc) is 2.96. The summed E-state index contributed by atoms with van der Waals surface area (Å²) in [5.41, 5.74) is 3.73. The predicted octanol–water partition coefficient (Wildman–Crippen LogP) is 2.23. The summed E-state index contributed by atoms with van der Waals surface area (Å²) in [5, 5.41) is 5.43. The molecule has 0 aliphatic carbocycles. The Morgan fingerprint density at radius 1 is 1.18 bits per heavy atom. The van der Waals surface area contributed by atoms with Crippen LogP contribution in [0.2, 0.25) is 0 Å². The molecule has 0 bridgehead atoms. The van der Waals surface area contributed by atoms with Crippen molar-refractivity contribution < 1.29 is 14.3 Å². The van der Waals surface area contributed by atoms with Gasteiger partial charge in [0.2, 0.25) is 0 Å². The van der Waals surface area contributed by atoms with Crippen molar-refractivity contribution >= 4 is 17.5 Å². The van der Waals surface area contributed by atoms with Gasteiger partial charge in [0.05, 0.1) is 12.1 Å². The molecule has 5 heteroatoms. The maximum absolute atomic E-state index is 12.1. The second-order valence-corrected chi connectivity index (χ2v) is 6.04. The minimum absolute atomic E-state index is 0.000373.